The van der Waals surface area contributed by atoms with E-state index in [4.69, 9.17) is 5.11 Å². The van der Waals surface area contributed by atoms with Crippen LogP contribution in [0.4, 0.5) is 4.79 Å². The first-order valence-electron chi connectivity index (χ1n) is 6.80. The van der Waals surface area contributed by atoms with Gasteiger partial charge in [-0.1, -0.05) is 0 Å². The van der Waals surface area contributed by atoms with Crippen LogP contribution in [-0.2, 0) is 4.79 Å². The lowest BCUT2D eigenvalue weighted by Crippen LogP contribution is -2.52. The summed E-state index contributed by atoms with van der Waals surface area (Å²) >= 11 is 0. The van der Waals surface area contributed by atoms with E-state index in [2.05, 4.69) is 13.8 Å². The normalized spacial score (nSPS) is 32.7. The van der Waals surface area contributed by atoms with Crippen molar-refractivity contribution in [2.45, 2.75) is 51.6 Å². The molecule has 1 N–H and O–H groups in total. The van der Waals surface area contributed by atoms with Crippen LogP contribution in [0.2, 0.25) is 0 Å². The van der Waals surface area contributed by atoms with E-state index in [1.54, 1.807) is 4.90 Å². The molecule has 0 aromatic carbocycles. The van der Waals surface area contributed by atoms with E-state index in [0.717, 1.165) is 12.8 Å². The first-order chi connectivity index (χ1) is 8.50. The summed E-state index contributed by atoms with van der Waals surface area (Å²) in [7, 11) is 0. The highest BCUT2D eigenvalue weighted by atomic mass is 16.4. The Morgan fingerprint density at radius 1 is 1.11 bits per heavy atom. The van der Waals surface area contributed by atoms with Gasteiger partial charge in [-0.2, -0.15) is 0 Å². The number of hydrogen-bond donors (Lipinski definition) is 1. The average molecular weight is 254 g/mol. The van der Waals surface area contributed by atoms with Crippen LogP contribution < -0.4 is 0 Å². The number of carbonyl (C=O) groups is 2. The number of amides is 2. The molecule has 2 heterocycles. The van der Waals surface area contributed by atoms with Gasteiger partial charge in [0.25, 0.3) is 0 Å². The van der Waals surface area contributed by atoms with E-state index < -0.39 is 5.97 Å². The molecule has 2 aliphatic rings. The van der Waals surface area contributed by atoms with Crippen LogP contribution in [0.5, 0.6) is 0 Å². The fourth-order valence-corrected chi connectivity index (χ4v) is 3.10. The van der Waals surface area contributed by atoms with E-state index in [-0.39, 0.29) is 24.0 Å². The zero-order valence-corrected chi connectivity index (χ0v) is 11.1. The topological polar surface area (TPSA) is 60.9 Å². The third-order valence-corrected chi connectivity index (χ3v) is 4.22. The number of carboxylic acid groups (broad SMARTS) is 1. The van der Waals surface area contributed by atoms with Gasteiger partial charge in [0.05, 0.1) is 5.92 Å². The molecule has 3 atom stereocenters. The van der Waals surface area contributed by atoms with E-state index in [9.17, 15) is 9.59 Å². The molecule has 0 spiro atoms. The molecule has 2 fully saturated rings. The van der Waals surface area contributed by atoms with E-state index >= 15 is 0 Å². The summed E-state index contributed by atoms with van der Waals surface area (Å²) in [4.78, 5) is 27.0. The molecule has 0 bridgehead atoms. The van der Waals surface area contributed by atoms with Crippen LogP contribution in [0.1, 0.15) is 39.5 Å². The highest BCUT2D eigenvalue weighted by molar-refractivity contribution is 5.78. The molecule has 0 radical (unpaired) electrons. The van der Waals surface area contributed by atoms with Crippen molar-refractivity contribution in [3.05, 3.63) is 0 Å². The molecular formula is C13H22N2O3. The summed E-state index contributed by atoms with van der Waals surface area (Å²) in [5.74, 6) is -1.17. The van der Waals surface area contributed by atoms with Crippen LogP contribution >= 0.6 is 0 Å². The van der Waals surface area contributed by atoms with Gasteiger partial charge in [0.2, 0.25) is 0 Å². The second kappa shape index (κ2) is 5.16. The van der Waals surface area contributed by atoms with Gasteiger partial charge in [0, 0.05) is 25.2 Å². The third kappa shape index (κ3) is 2.44. The van der Waals surface area contributed by atoms with Crippen LogP contribution in [0.3, 0.4) is 0 Å². The highest BCUT2D eigenvalue weighted by Crippen LogP contribution is 2.26. The van der Waals surface area contributed by atoms with Crippen molar-refractivity contribution in [2.24, 2.45) is 5.92 Å². The molecule has 2 aliphatic heterocycles. The second-order valence-corrected chi connectivity index (χ2v) is 5.59. The van der Waals surface area contributed by atoms with Crippen molar-refractivity contribution in [1.29, 1.82) is 0 Å². The molecule has 2 saturated heterocycles. The molecule has 0 aliphatic carbocycles. The van der Waals surface area contributed by atoms with Crippen molar-refractivity contribution in [1.82, 2.24) is 9.80 Å². The Hall–Kier alpha value is -1.26. The Bertz CT molecular complexity index is 335. The van der Waals surface area contributed by atoms with Gasteiger partial charge >= 0.3 is 12.0 Å². The minimum Gasteiger partial charge on any atom is -0.481 e. The van der Waals surface area contributed by atoms with Crippen LogP contribution in [0, 0.1) is 5.92 Å². The van der Waals surface area contributed by atoms with Crippen molar-refractivity contribution in [2.75, 3.05) is 13.1 Å². The van der Waals surface area contributed by atoms with Crippen molar-refractivity contribution in [3.63, 3.8) is 0 Å². The maximum absolute atomic E-state index is 12.4. The number of carbonyl (C=O) groups excluding carboxylic acids is 1. The zero-order chi connectivity index (χ0) is 13.3. The third-order valence-electron chi connectivity index (χ3n) is 4.22. The summed E-state index contributed by atoms with van der Waals surface area (Å²) < 4.78 is 0. The molecule has 102 valence electrons. The first-order valence-corrected chi connectivity index (χ1v) is 6.80. The summed E-state index contributed by atoms with van der Waals surface area (Å²) in [6, 6.07) is 0.564. The SMILES string of the molecule is CC1CCCC(C)N1C(=O)N1CCC(C(=O)O)C1. The summed E-state index contributed by atoms with van der Waals surface area (Å²) in [5.41, 5.74) is 0. The standard InChI is InChI=1S/C13H22N2O3/c1-9-4-3-5-10(2)15(9)13(18)14-7-6-11(8-14)12(16)17/h9-11H,3-8H2,1-2H3,(H,16,17). The first kappa shape index (κ1) is 13.2. The van der Waals surface area contributed by atoms with Gasteiger partial charge in [-0.05, 0) is 39.5 Å². The lowest BCUT2D eigenvalue weighted by atomic mass is 9.98. The van der Waals surface area contributed by atoms with Gasteiger partial charge in [-0.15, -0.1) is 0 Å². The van der Waals surface area contributed by atoms with E-state index in [1.165, 1.54) is 6.42 Å². The van der Waals surface area contributed by atoms with Crippen molar-refractivity contribution < 1.29 is 14.7 Å². The van der Waals surface area contributed by atoms with Crippen molar-refractivity contribution in [3.8, 4) is 0 Å². The summed E-state index contributed by atoms with van der Waals surface area (Å²) in [5, 5.41) is 8.98. The lowest BCUT2D eigenvalue weighted by Gasteiger charge is -2.41. The number of urea groups is 1. The molecule has 0 saturated carbocycles. The number of rotatable bonds is 1. The molecule has 0 aromatic heterocycles. The molecule has 2 rings (SSSR count). The molecule has 5 nitrogen and oxygen atoms in total. The Labute approximate surface area is 108 Å². The maximum Gasteiger partial charge on any atom is 0.320 e. The quantitative estimate of drug-likeness (QED) is 0.776. The molecule has 3 unspecified atom stereocenters. The van der Waals surface area contributed by atoms with Crippen LogP contribution in [-0.4, -0.2) is 52.1 Å². The highest BCUT2D eigenvalue weighted by Gasteiger charge is 2.37. The maximum atomic E-state index is 12.4. The van der Waals surface area contributed by atoms with Crippen LogP contribution in [0.25, 0.3) is 0 Å². The van der Waals surface area contributed by atoms with Crippen LogP contribution in [0.15, 0.2) is 0 Å². The monoisotopic (exact) mass is 254 g/mol. The molecular weight excluding hydrogens is 232 g/mol. The zero-order valence-electron chi connectivity index (χ0n) is 11.1. The molecule has 2 amide bonds. The summed E-state index contributed by atoms with van der Waals surface area (Å²) in [6.07, 6.45) is 3.85. The Balaban J connectivity index is 2.01. The number of piperidine rings is 1. The molecule has 0 aromatic rings. The van der Waals surface area contributed by atoms with E-state index in [0.29, 0.717) is 19.5 Å². The molecule has 18 heavy (non-hydrogen) atoms. The fraction of sp³-hybridized carbons (Fsp3) is 0.846. The Morgan fingerprint density at radius 3 is 2.22 bits per heavy atom. The minimum absolute atomic E-state index is 0.0263. The van der Waals surface area contributed by atoms with Gasteiger partial charge in [-0.25, -0.2) is 4.79 Å². The largest absolute Gasteiger partial charge is 0.481 e. The number of hydrogen-bond acceptors (Lipinski definition) is 2. The number of likely N-dealkylation sites (tertiary alicyclic amines) is 2. The van der Waals surface area contributed by atoms with Crippen molar-refractivity contribution >= 4 is 12.0 Å². The van der Waals surface area contributed by atoms with Gasteiger partial charge < -0.3 is 14.9 Å². The van der Waals surface area contributed by atoms with Gasteiger partial charge in [0.1, 0.15) is 0 Å². The second-order valence-electron chi connectivity index (χ2n) is 5.59. The fourth-order valence-electron chi connectivity index (χ4n) is 3.10. The molecule has 5 heteroatoms. The van der Waals surface area contributed by atoms with E-state index in [1.807, 2.05) is 4.90 Å². The van der Waals surface area contributed by atoms with Gasteiger partial charge in [-0.3, -0.25) is 4.79 Å². The summed E-state index contributed by atoms with van der Waals surface area (Å²) in [6.45, 7) is 5.10. The predicted octanol–water partition coefficient (Wildman–Crippen LogP) is 1.78. The average Bonchev–Trinajstić information content (AvgIpc) is 2.77. The Morgan fingerprint density at radius 2 is 1.72 bits per heavy atom. The lowest BCUT2D eigenvalue weighted by molar-refractivity contribution is -0.141. The predicted molar refractivity (Wildman–Crippen MR) is 67.3 cm³/mol. The number of nitrogens with zero attached hydrogens (tertiary/aromatic N) is 2. The minimum atomic E-state index is -0.787. The smallest absolute Gasteiger partial charge is 0.320 e. The number of carboxylic acids is 1. The Kier molecular flexibility index (Phi) is 3.78. The number of aliphatic carboxylic acids is 1. The van der Waals surface area contributed by atoms with Gasteiger partial charge in [0.15, 0.2) is 0 Å².